The van der Waals surface area contributed by atoms with Crippen LogP contribution in [0, 0.1) is 0 Å². The molecule has 0 aliphatic heterocycles. The molecule has 8 aromatic carbocycles. The van der Waals surface area contributed by atoms with Gasteiger partial charge < -0.3 is 13.6 Å². The Morgan fingerprint density at radius 3 is 1.65 bits per heavy atom. The van der Waals surface area contributed by atoms with Crippen molar-refractivity contribution < 1.29 is 4.42 Å². The van der Waals surface area contributed by atoms with Crippen molar-refractivity contribution in [2.24, 2.45) is 0 Å². The molecule has 238 valence electrons. The van der Waals surface area contributed by atoms with Gasteiger partial charge in [-0.15, -0.1) is 0 Å². The van der Waals surface area contributed by atoms with Crippen LogP contribution < -0.4 is 0 Å². The minimum Gasteiger partial charge on any atom is -0.454 e. The first-order chi connectivity index (χ1) is 25.3. The summed E-state index contributed by atoms with van der Waals surface area (Å²) in [4.78, 5) is 0. The third-order valence-electron chi connectivity index (χ3n) is 10.5. The first-order valence-electron chi connectivity index (χ1n) is 17.4. The lowest BCUT2D eigenvalue weighted by Gasteiger charge is -2.10. The Morgan fingerprint density at radius 2 is 0.863 bits per heavy atom. The van der Waals surface area contributed by atoms with Crippen LogP contribution in [0.4, 0.5) is 0 Å². The number of benzene rings is 8. The Labute approximate surface area is 293 Å². The molecule has 0 saturated carbocycles. The Hall–Kier alpha value is -6.84. The van der Waals surface area contributed by atoms with E-state index in [4.69, 9.17) is 4.42 Å². The molecule has 0 radical (unpaired) electrons. The van der Waals surface area contributed by atoms with Crippen LogP contribution in [0.15, 0.2) is 186 Å². The fourth-order valence-electron chi connectivity index (χ4n) is 8.18. The normalized spacial score (nSPS) is 11.9. The molecule has 0 aliphatic rings. The van der Waals surface area contributed by atoms with Gasteiger partial charge in [0.25, 0.3) is 0 Å². The summed E-state index contributed by atoms with van der Waals surface area (Å²) in [5.74, 6) is 0. The van der Waals surface area contributed by atoms with E-state index in [-0.39, 0.29) is 0 Å². The fourth-order valence-corrected chi connectivity index (χ4v) is 8.18. The molecular formula is C48H30N2O. The standard InChI is InChI=1S/C48H30N2O/c1-2-11-35(12-3-1)49-42-17-7-4-13-36(42)38-27-25-34(30-46(38)49)32-23-21-31(22-24-32)33-26-28-44-41(29-33)37-14-5-8-18-43(37)50(44)45-19-10-16-40-39-15-6-9-20-47(39)51-48(40)45/h1-30H. The minimum absolute atomic E-state index is 0.906. The Morgan fingerprint density at radius 1 is 0.314 bits per heavy atom. The predicted octanol–water partition coefficient (Wildman–Crippen LogP) is 13.1. The van der Waals surface area contributed by atoms with Gasteiger partial charge in [-0.2, -0.15) is 0 Å². The monoisotopic (exact) mass is 650 g/mol. The SMILES string of the molecule is c1ccc(-n2c3ccccc3c3ccc(-c4ccc(-c5ccc6c(c5)c5ccccc5n6-c5cccc6c5oc5ccccc56)cc4)cc32)cc1. The van der Waals surface area contributed by atoms with Crippen LogP contribution in [0.25, 0.3) is 99.2 Å². The molecule has 0 N–H and O–H groups in total. The molecule has 3 aromatic heterocycles. The molecule has 0 aliphatic carbocycles. The molecule has 0 fully saturated rings. The van der Waals surface area contributed by atoms with Crippen molar-refractivity contribution in [3.8, 4) is 33.6 Å². The number of aromatic nitrogens is 2. The van der Waals surface area contributed by atoms with E-state index in [2.05, 4.69) is 179 Å². The zero-order valence-corrected chi connectivity index (χ0v) is 27.6. The second-order valence-electron chi connectivity index (χ2n) is 13.3. The summed E-state index contributed by atoms with van der Waals surface area (Å²) >= 11 is 0. The summed E-state index contributed by atoms with van der Waals surface area (Å²) in [7, 11) is 0. The lowest BCUT2D eigenvalue weighted by molar-refractivity contribution is 0.666. The van der Waals surface area contributed by atoms with Crippen molar-refractivity contribution in [1.29, 1.82) is 0 Å². The molecule has 3 nitrogen and oxygen atoms in total. The van der Waals surface area contributed by atoms with Gasteiger partial charge in [0.05, 0.1) is 27.8 Å². The third kappa shape index (κ3) is 4.19. The summed E-state index contributed by atoms with van der Waals surface area (Å²) in [6.07, 6.45) is 0. The number of rotatable bonds is 4. The molecule has 0 bridgehead atoms. The van der Waals surface area contributed by atoms with E-state index >= 15 is 0 Å². The molecule has 11 rings (SSSR count). The second kappa shape index (κ2) is 10.8. The highest BCUT2D eigenvalue weighted by atomic mass is 16.3. The summed E-state index contributed by atoms with van der Waals surface area (Å²) < 4.78 is 11.2. The van der Waals surface area contributed by atoms with Crippen LogP contribution >= 0.6 is 0 Å². The molecule has 51 heavy (non-hydrogen) atoms. The van der Waals surface area contributed by atoms with Crippen LogP contribution in [0.5, 0.6) is 0 Å². The van der Waals surface area contributed by atoms with Crippen LogP contribution in [0.3, 0.4) is 0 Å². The van der Waals surface area contributed by atoms with E-state index in [0.29, 0.717) is 0 Å². The van der Waals surface area contributed by atoms with E-state index < -0.39 is 0 Å². The van der Waals surface area contributed by atoms with E-state index in [9.17, 15) is 0 Å². The summed E-state index contributed by atoms with van der Waals surface area (Å²) in [5.41, 5.74) is 13.6. The topological polar surface area (TPSA) is 23.0 Å². The highest BCUT2D eigenvalue weighted by Gasteiger charge is 2.18. The Kier molecular flexibility index (Phi) is 5.96. The van der Waals surface area contributed by atoms with Gasteiger partial charge in [0.1, 0.15) is 5.58 Å². The van der Waals surface area contributed by atoms with Gasteiger partial charge in [0.2, 0.25) is 0 Å². The number of nitrogens with zero attached hydrogens (tertiary/aromatic N) is 2. The van der Waals surface area contributed by atoms with Crippen LogP contribution in [0.2, 0.25) is 0 Å². The maximum Gasteiger partial charge on any atom is 0.159 e. The van der Waals surface area contributed by atoms with E-state index in [1.807, 2.05) is 12.1 Å². The molecule has 0 unspecified atom stereocenters. The molecule has 0 atom stereocenters. The number of hydrogen-bond donors (Lipinski definition) is 0. The van der Waals surface area contributed by atoms with Gasteiger partial charge in [0, 0.05) is 38.0 Å². The molecule has 3 heteroatoms. The molecular weight excluding hydrogens is 621 g/mol. The summed E-state index contributed by atoms with van der Waals surface area (Å²) in [6.45, 7) is 0. The predicted molar refractivity (Wildman–Crippen MR) is 213 cm³/mol. The quantitative estimate of drug-likeness (QED) is 0.186. The minimum atomic E-state index is 0.906. The van der Waals surface area contributed by atoms with Gasteiger partial charge in [-0.3, -0.25) is 0 Å². The third-order valence-corrected chi connectivity index (χ3v) is 10.5. The Balaban J connectivity index is 1.02. The zero-order valence-electron chi connectivity index (χ0n) is 27.6. The fraction of sp³-hybridized carbons (Fsp3) is 0. The number of hydrogen-bond acceptors (Lipinski definition) is 1. The van der Waals surface area contributed by atoms with Crippen molar-refractivity contribution in [1.82, 2.24) is 9.13 Å². The first kappa shape index (κ1) is 28.0. The van der Waals surface area contributed by atoms with Crippen molar-refractivity contribution in [3.05, 3.63) is 182 Å². The second-order valence-corrected chi connectivity index (χ2v) is 13.3. The zero-order chi connectivity index (χ0) is 33.5. The van der Waals surface area contributed by atoms with E-state index in [1.54, 1.807) is 0 Å². The number of fused-ring (bicyclic) bond motifs is 9. The molecule has 0 spiro atoms. The highest BCUT2D eigenvalue weighted by molar-refractivity contribution is 6.14. The molecule has 0 amide bonds. The molecule has 3 heterocycles. The van der Waals surface area contributed by atoms with Gasteiger partial charge >= 0.3 is 0 Å². The Bertz CT molecular complexity index is 3120. The summed E-state index contributed by atoms with van der Waals surface area (Å²) in [5, 5.41) is 7.24. The van der Waals surface area contributed by atoms with E-state index in [0.717, 1.165) is 38.7 Å². The van der Waals surface area contributed by atoms with Crippen molar-refractivity contribution >= 4 is 65.6 Å². The largest absolute Gasteiger partial charge is 0.454 e. The maximum atomic E-state index is 6.49. The van der Waals surface area contributed by atoms with Crippen LogP contribution in [-0.4, -0.2) is 9.13 Å². The lowest BCUT2D eigenvalue weighted by Crippen LogP contribution is -1.94. The average Bonchev–Trinajstić information content (AvgIpc) is 3.86. The van der Waals surface area contributed by atoms with Gasteiger partial charge in [-0.05, 0) is 76.9 Å². The van der Waals surface area contributed by atoms with Crippen molar-refractivity contribution in [3.63, 3.8) is 0 Å². The van der Waals surface area contributed by atoms with Crippen molar-refractivity contribution in [2.45, 2.75) is 0 Å². The first-order valence-corrected chi connectivity index (χ1v) is 17.4. The van der Waals surface area contributed by atoms with Gasteiger partial charge in [-0.25, -0.2) is 0 Å². The lowest BCUT2D eigenvalue weighted by atomic mass is 9.98. The summed E-state index contributed by atoms with van der Waals surface area (Å²) in [6, 6.07) is 65.5. The molecule has 0 saturated heterocycles. The number of furan rings is 1. The van der Waals surface area contributed by atoms with Crippen molar-refractivity contribution in [2.75, 3.05) is 0 Å². The molecule has 11 aromatic rings. The highest BCUT2D eigenvalue weighted by Crippen LogP contribution is 2.40. The van der Waals surface area contributed by atoms with Crippen LogP contribution in [0.1, 0.15) is 0 Å². The maximum absolute atomic E-state index is 6.49. The van der Waals surface area contributed by atoms with Crippen LogP contribution in [-0.2, 0) is 0 Å². The van der Waals surface area contributed by atoms with Gasteiger partial charge in [0.15, 0.2) is 5.58 Å². The van der Waals surface area contributed by atoms with Gasteiger partial charge in [-0.1, -0.05) is 127 Å². The van der Waals surface area contributed by atoms with E-state index in [1.165, 1.54) is 60.5 Å². The number of para-hydroxylation sites is 5. The smallest absolute Gasteiger partial charge is 0.159 e. The average molecular weight is 651 g/mol.